The second-order valence-corrected chi connectivity index (χ2v) is 10.1. The summed E-state index contributed by atoms with van der Waals surface area (Å²) in [6, 6.07) is 12.3. The Morgan fingerprint density at radius 1 is 1.18 bits per heavy atom. The third-order valence-electron chi connectivity index (χ3n) is 6.83. The number of halogens is 2. The van der Waals surface area contributed by atoms with Crippen LogP contribution in [0.3, 0.4) is 0 Å². The number of hydrogen-bond acceptors (Lipinski definition) is 6. The molecule has 0 fully saturated rings. The van der Waals surface area contributed by atoms with E-state index in [0.717, 1.165) is 47.4 Å². The Morgan fingerprint density at radius 3 is 2.79 bits per heavy atom. The molecule has 0 unspecified atom stereocenters. The predicted octanol–water partition coefficient (Wildman–Crippen LogP) is 4.85. The molecule has 38 heavy (non-hydrogen) atoms. The molecule has 3 heterocycles. The zero-order valence-corrected chi connectivity index (χ0v) is 22.3. The number of para-hydroxylation sites is 2. The number of H-pyrrole nitrogens is 1. The lowest BCUT2D eigenvalue weighted by Crippen LogP contribution is -2.33. The zero-order chi connectivity index (χ0) is 26.5. The number of aromatic nitrogens is 4. The molecule has 5 rings (SSSR count). The molecule has 3 aromatic heterocycles. The average Bonchev–Trinajstić information content (AvgIpc) is 3.34. The van der Waals surface area contributed by atoms with Crippen LogP contribution in [-0.4, -0.2) is 50.4 Å². The molecule has 0 spiro atoms. The molecular weight excluding hydrogens is 521 g/mol. The summed E-state index contributed by atoms with van der Waals surface area (Å²) >= 11 is 12.3. The number of fused-ring (bicyclic) bond motifs is 2. The molecule has 1 atom stereocenters. The van der Waals surface area contributed by atoms with Gasteiger partial charge in [0.2, 0.25) is 0 Å². The molecule has 1 aliphatic rings. The molecule has 1 amide bonds. The maximum absolute atomic E-state index is 12.7. The lowest BCUT2D eigenvalue weighted by molar-refractivity contribution is 0.0957. The topological polar surface area (TPSA) is 113 Å². The number of pyridine rings is 2. The summed E-state index contributed by atoms with van der Waals surface area (Å²) in [7, 11) is 0. The van der Waals surface area contributed by atoms with Crippen molar-refractivity contribution in [1.82, 2.24) is 30.2 Å². The van der Waals surface area contributed by atoms with E-state index < -0.39 is 0 Å². The monoisotopic (exact) mass is 549 g/mol. The van der Waals surface area contributed by atoms with Crippen LogP contribution in [0, 0.1) is 0 Å². The number of carbonyl (C=O) groups is 1. The number of aromatic amines is 1. The number of aryl methyl sites for hydroxylation is 1. The number of nitrogens with one attached hydrogen (secondary N) is 2. The first-order valence-corrected chi connectivity index (χ1v) is 13.4. The van der Waals surface area contributed by atoms with Gasteiger partial charge in [0.15, 0.2) is 0 Å². The van der Waals surface area contributed by atoms with E-state index in [9.17, 15) is 4.79 Å². The van der Waals surface area contributed by atoms with E-state index in [-0.39, 0.29) is 34.1 Å². The highest BCUT2D eigenvalue weighted by Gasteiger charge is 2.27. The fraction of sp³-hybridized carbons (Fsp3) is 0.286. The van der Waals surface area contributed by atoms with E-state index in [1.807, 2.05) is 36.5 Å². The van der Waals surface area contributed by atoms with Crippen LogP contribution < -0.4 is 11.1 Å². The Labute approximate surface area is 231 Å². The van der Waals surface area contributed by atoms with E-state index in [1.165, 1.54) is 18.0 Å². The third kappa shape index (κ3) is 5.89. The van der Waals surface area contributed by atoms with Gasteiger partial charge in [-0.15, -0.1) is 0 Å². The number of hydrogen-bond donors (Lipinski definition) is 3. The standard InChI is InChI=1S/C28H29Cl2N7O/c29-20-15-32-16-21(30)26(20)28(38)34-14-18(13-31)10-12-37(17-25-35-22-7-1-2-8-23(22)36-25)24-9-3-5-19-6-4-11-33-27(19)24/h1-2,4,6-8,10-11,15-16,24H,3,5,9,12-14,17,31H2,(H,34,38)(H,35,36)/b18-10-/t24-/m0/s1. The van der Waals surface area contributed by atoms with E-state index in [2.05, 4.69) is 32.3 Å². The highest BCUT2D eigenvalue weighted by Crippen LogP contribution is 2.33. The van der Waals surface area contributed by atoms with Crippen molar-refractivity contribution in [3.63, 3.8) is 0 Å². The normalized spacial score (nSPS) is 15.6. The summed E-state index contributed by atoms with van der Waals surface area (Å²) in [5.74, 6) is 0.526. The van der Waals surface area contributed by atoms with Gasteiger partial charge in [0, 0.05) is 38.2 Å². The largest absolute Gasteiger partial charge is 0.348 e. The summed E-state index contributed by atoms with van der Waals surface area (Å²) in [6.45, 7) is 1.83. The first kappa shape index (κ1) is 26.3. The van der Waals surface area contributed by atoms with E-state index in [1.54, 1.807) is 0 Å². The van der Waals surface area contributed by atoms with Gasteiger partial charge in [-0.2, -0.15) is 0 Å². The van der Waals surface area contributed by atoms with Crippen LogP contribution in [0.15, 0.2) is 66.6 Å². The Balaban J connectivity index is 1.36. The maximum Gasteiger partial charge on any atom is 0.254 e. The minimum Gasteiger partial charge on any atom is -0.348 e. The van der Waals surface area contributed by atoms with Gasteiger partial charge in [-0.25, -0.2) is 4.98 Å². The second-order valence-electron chi connectivity index (χ2n) is 9.31. The van der Waals surface area contributed by atoms with Gasteiger partial charge in [-0.05, 0) is 48.6 Å². The van der Waals surface area contributed by atoms with E-state index in [0.29, 0.717) is 19.6 Å². The highest BCUT2D eigenvalue weighted by molar-refractivity contribution is 6.39. The van der Waals surface area contributed by atoms with Gasteiger partial charge >= 0.3 is 0 Å². The van der Waals surface area contributed by atoms with Gasteiger partial charge in [-0.3, -0.25) is 19.7 Å². The van der Waals surface area contributed by atoms with E-state index in [4.69, 9.17) is 38.9 Å². The minimum atomic E-state index is -0.369. The Bertz CT molecular complexity index is 1420. The molecule has 0 aliphatic heterocycles. The van der Waals surface area contributed by atoms with Crippen molar-refractivity contribution < 1.29 is 4.79 Å². The number of benzene rings is 1. The molecular formula is C28H29Cl2N7O. The van der Waals surface area contributed by atoms with Crippen LogP contribution in [-0.2, 0) is 13.0 Å². The van der Waals surface area contributed by atoms with Crippen LogP contribution in [0.25, 0.3) is 11.0 Å². The molecule has 196 valence electrons. The Hall–Kier alpha value is -3.30. The van der Waals surface area contributed by atoms with Gasteiger partial charge in [-0.1, -0.05) is 47.5 Å². The van der Waals surface area contributed by atoms with Crippen LogP contribution in [0.4, 0.5) is 0 Å². The summed E-state index contributed by atoms with van der Waals surface area (Å²) in [4.78, 5) is 32.0. The van der Waals surface area contributed by atoms with Crippen LogP contribution in [0.2, 0.25) is 10.0 Å². The SMILES string of the molecule is NC/C(=C/CN(Cc1nc2ccccc2[nH]1)[C@H]1CCCc2cccnc21)CNC(=O)c1c(Cl)cncc1Cl. The smallest absolute Gasteiger partial charge is 0.254 e. The second kappa shape index (κ2) is 12.0. The first-order chi connectivity index (χ1) is 18.5. The molecule has 1 aromatic carbocycles. The van der Waals surface area contributed by atoms with Crippen molar-refractivity contribution in [3.05, 3.63) is 99.3 Å². The van der Waals surface area contributed by atoms with Gasteiger partial charge < -0.3 is 16.0 Å². The lowest BCUT2D eigenvalue weighted by Gasteiger charge is -2.34. The average molecular weight is 550 g/mol. The molecule has 0 saturated heterocycles. The molecule has 10 heteroatoms. The maximum atomic E-state index is 12.7. The minimum absolute atomic E-state index is 0.146. The number of imidazole rings is 1. The molecule has 0 bridgehead atoms. The number of carbonyl (C=O) groups excluding carboxylic acids is 1. The Morgan fingerprint density at radius 2 is 2.00 bits per heavy atom. The summed E-state index contributed by atoms with van der Waals surface area (Å²) < 4.78 is 0. The molecule has 8 nitrogen and oxygen atoms in total. The fourth-order valence-electron chi connectivity index (χ4n) is 4.90. The van der Waals surface area contributed by atoms with Gasteiger partial charge in [0.05, 0.1) is 44.9 Å². The summed E-state index contributed by atoms with van der Waals surface area (Å²) in [5, 5.41) is 3.29. The molecule has 0 radical (unpaired) electrons. The number of nitrogens with zero attached hydrogens (tertiary/aromatic N) is 4. The van der Waals surface area contributed by atoms with Crippen molar-refractivity contribution >= 4 is 40.1 Å². The van der Waals surface area contributed by atoms with E-state index >= 15 is 0 Å². The third-order valence-corrected chi connectivity index (χ3v) is 7.40. The van der Waals surface area contributed by atoms with Crippen molar-refractivity contribution in [1.29, 1.82) is 0 Å². The zero-order valence-electron chi connectivity index (χ0n) is 20.8. The van der Waals surface area contributed by atoms with Crippen LogP contribution in [0.1, 0.15) is 46.3 Å². The molecule has 4 aromatic rings. The Kier molecular flexibility index (Phi) is 8.34. The number of rotatable bonds is 9. The number of amides is 1. The van der Waals surface area contributed by atoms with Gasteiger partial charge in [0.25, 0.3) is 5.91 Å². The molecule has 4 N–H and O–H groups in total. The fourth-order valence-corrected chi connectivity index (χ4v) is 5.44. The van der Waals surface area contributed by atoms with Gasteiger partial charge in [0.1, 0.15) is 5.82 Å². The number of nitrogens with two attached hydrogens (primary N) is 1. The quantitative estimate of drug-likeness (QED) is 0.257. The van der Waals surface area contributed by atoms with Crippen molar-refractivity contribution in [2.75, 3.05) is 19.6 Å². The predicted molar refractivity (Wildman–Crippen MR) is 150 cm³/mol. The molecule has 1 aliphatic carbocycles. The highest BCUT2D eigenvalue weighted by atomic mass is 35.5. The van der Waals surface area contributed by atoms with Crippen molar-refractivity contribution in [2.24, 2.45) is 5.73 Å². The molecule has 0 saturated carbocycles. The summed E-state index contributed by atoms with van der Waals surface area (Å²) in [5.41, 5.74) is 11.5. The van der Waals surface area contributed by atoms with Crippen molar-refractivity contribution in [3.8, 4) is 0 Å². The lowest BCUT2D eigenvalue weighted by atomic mass is 9.90. The van der Waals surface area contributed by atoms with Crippen molar-refractivity contribution in [2.45, 2.75) is 31.8 Å². The summed E-state index contributed by atoms with van der Waals surface area (Å²) in [6.07, 6.45) is 9.87. The van der Waals surface area contributed by atoms with Crippen LogP contribution in [0.5, 0.6) is 0 Å². The van der Waals surface area contributed by atoms with Crippen LogP contribution >= 0.6 is 23.2 Å². The first-order valence-electron chi connectivity index (χ1n) is 12.6.